The predicted octanol–water partition coefficient (Wildman–Crippen LogP) is 2.02. The first-order valence-electron chi connectivity index (χ1n) is 5.75. The smallest absolute Gasteiger partial charge is 0.271 e. The second-order valence-corrected chi connectivity index (χ2v) is 4.25. The second kappa shape index (κ2) is 5.14. The SMILES string of the molecule is Cc1ccc([N+](=O)[O-])cc1NC(=O)C1CCCO1. The molecule has 1 heterocycles. The zero-order valence-electron chi connectivity index (χ0n) is 10.0. The average molecular weight is 250 g/mol. The number of nitrogens with zero attached hydrogens (tertiary/aromatic N) is 1. The van der Waals surface area contributed by atoms with Gasteiger partial charge in [0.05, 0.1) is 10.6 Å². The summed E-state index contributed by atoms with van der Waals surface area (Å²) in [4.78, 5) is 22.0. The summed E-state index contributed by atoms with van der Waals surface area (Å²) in [6.07, 6.45) is 1.12. The summed E-state index contributed by atoms with van der Waals surface area (Å²) in [5, 5.41) is 13.4. The highest BCUT2D eigenvalue weighted by molar-refractivity contribution is 5.95. The Hall–Kier alpha value is -1.95. The average Bonchev–Trinajstić information content (AvgIpc) is 2.85. The summed E-state index contributed by atoms with van der Waals surface area (Å²) in [5.41, 5.74) is 1.21. The van der Waals surface area contributed by atoms with Crippen LogP contribution in [0.15, 0.2) is 18.2 Å². The van der Waals surface area contributed by atoms with E-state index in [-0.39, 0.29) is 11.6 Å². The molecule has 18 heavy (non-hydrogen) atoms. The summed E-state index contributed by atoms with van der Waals surface area (Å²) in [5.74, 6) is -0.240. The van der Waals surface area contributed by atoms with Crippen molar-refractivity contribution in [2.75, 3.05) is 11.9 Å². The van der Waals surface area contributed by atoms with Crippen LogP contribution in [0.25, 0.3) is 0 Å². The zero-order valence-corrected chi connectivity index (χ0v) is 10.0. The molecule has 1 fully saturated rings. The highest BCUT2D eigenvalue weighted by Crippen LogP contribution is 2.23. The molecule has 1 aliphatic rings. The lowest BCUT2D eigenvalue weighted by Gasteiger charge is -2.12. The Morgan fingerprint density at radius 1 is 1.56 bits per heavy atom. The minimum atomic E-state index is -0.485. The summed E-state index contributed by atoms with van der Waals surface area (Å²) in [6, 6.07) is 4.39. The van der Waals surface area contributed by atoms with Crippen LogP contribution in [0.4, 0.5) is 11.4 Å². The van der Waals surface area contributed by atoms with Crippen LogP contribution < -0.4 is 5.32 Å². The molecule has 6 heteroatoms. The quantitative estimate of drug-likeness (QED) is 0.657. The summed E-state index contributed by atoms with van der Waals surface area (Å²) >= 11 is 0. The van der Waals surface area contributed by atoms with Gasteiger partial charge in [0.1, 0.15) is 6.10 Å². The van der Waals surface area contributed by atoms with Gasteiger partial charge < -0.3 is 10.1 Å². The standard InChI is InChI=1S/C12H14N2O4/c1-8-4-5-9(14(16)17)7-10(8)13-12(15)11-3-2-6-18-11/h4-5,7,11H,2-3,6H2,1H3,(H,13,15). The number of nitrogens with one attached hydrogen (secondary N) is 1. The van der Waals surface area contributed by atoms with Crippen molar-refractivity contribution in [3.63, 3.8) is 0 Å². The van der Waals surface area contributed by atoms with Gasteiger partial charge >= 0.3 is 0 Å². The number of ether oxygens (including phenoxy) is 1. The van der Waals surface area contributed by atoms with E-state index in [1.54, 1.807) is 13.0 Å². The van der Waals surface area contributed by atoms with Gasteiger partial charge in [0.15, 0.2) is 0 Å². The van der Waals surface area contributed by atoms with Crippen LogP contribution >= 0.6 is 0 Å². The number of carbonyl (C=O) groups excluding carboxylic acids is 1. The molecule has 1 aliphatic heterocycles. The van der Waals surface area contributed by atoms with Gasteiger partial charge in [-0.1, -0.05) is 6.07 Å². The van der Waals surface area contributed by atoms with Gasteiger partial charge in [-0.2, -0.15) is 0 Å². The number of nitro benzene ring substituents is 1. The van der Waals surface area contributed by atoms with E-state index in [0.29, 0.717) is 18.7 Å². The van der Waals surface area contributed by atoms with Gasteiger partial charge in [-0.15, -0.1) is 0 Å². The molecule has 0 saturated carbocycles. The van der Waals surface area contributed by atoms with E-state index in [4.69, 9.17) is 4.74 Å². The highest BCUT2D eigenvalue weighted by atomic mass is 16.6. The predicted molar refractivity (Wildman–Crippen MR) is 65.4 cm³/mol. The van der Waals surface area contributed by atoms with Crippen molar-refractivity contribution in [2.24, 2.45) is 0 Å². The zero-order chi connectivity index (χ0) is 13.1. The van der Waals surface area contributed by atoms with E-state index >= 15 is 0 Å². The molecular weight excluding hydrogens is 236 g/mol. The lowest BCUT2D eigenvalue weighted by atomic mass is 10.1. The van der Waals surface area contributed by atoms with Crippen molar-refractivity contribution in [1.29, 1.82) is 0 Å². The first-order chi connectivity index (χ1) is 8.58. The van der Waals surface area contributed by atoms with Crippen LogP contribution in [0.1, 0.15) is 18.4 Å². The second-order valence-electron chi connectivity index (χ2n) is 4.25. The van der Waals surface area contributed by atoms with Crippen molar-refractivity contribution in [3.8, 4) is 0 Å². The molecular formula is C12H14N2O4. The molecule has 1 amide bonds. The number of anilines is 1. The minimum absolute atomic E-state index is 0.0387. The fourth-order valence-electron chi connectivity index (χ4n) is 1.86. The Kier molecular flexibility index (Phi) is 3.57. The third-order valence-electron chi connectivity index (χ3n) is 2.91. The Morgan fingerprint density at radius 3 is 2.94 bits per heavy atom. The van der Waals surface area contributed by atoms with Crippen LogP contribution in [-0.2, 0) is 9.53 Å². The number of benzene rings is 1. The molecule has 1 atom stereocenters. The minimum Gasteiger partial charge on any atom is -0.368 e. The van der Waals surface area contributed by atoms with E-state index in [1.807, 2.05) is 0 Å². The fourth-order valence-corrected chi connectivity index (χ4v) is 1.86. The van der Waals surface area contributed by atoms with E-state index in [9.17, 15) is 14.9 Å². The molecule has 1 saturated heterocycles. The summed E-state index contributed by atoms with van der Waals surface area (Å²) in [7, 11) is 0. The van der Waals surface area contributed by atoms with Crippen molar-refractivity contribution in [2.45, 2.75) is 25.9 Å². The van der Waals surface area contributed by atoms with Gasteiger partial charge in [0.2, 0.25) is 0 Å². The summed E-state index contributed by atoms with van der Waals surface area (Å²) < 4.78 is 5.26. The van der Waals surface area contributed by atoms with Crippen molar-refractivity contribution >= 4 is 17.3 Å². The first-order valence-corrected chi connectivity index (χ1v) is 5.75. The van der Waals surface area contributed by atoms with Gasteiger partial charge in [-0.05, 0) is 25.3 Å². The molecule has 0 aromatic heterocycles. The Labute approximate surface area is 104 Å². The topological polar surface area (TPSA) is 81.5 Å². The largest absolute Gasteiger partial charge is 0.368 e. The lowest BCUT2D eigenvalue weighted by molar-refractivity contribution is -0.384. The number of nitro groups is 1. The number of hydrogen-bond donors (Lipinski definition) is 1. The first kappa shape index (κ1) is 12.5. The van der Waals surface area contributed by atoms with Gasteiger partial charge in [0, 0.05) is 18.7 Å². The molecule has 0 bridgehead atoms. The Balaban J connectivity index is 2.14. The maximum absolute atomic E-state index is 11.8. The van der Waals surface area contributed by atoms with Crippen molar-refractivity contribution in [3.05, 3.63) is 33.9 Å². The number of hydrogen-bond acceptors (Lipinski definition) is 4. The number of amides is 1. The van der Waals surface area contributed by atoms with Crippen LogP contribution in [0.3, 0.4) is 0 Å². The van der Waals surface area contributed by atoms with Crippen LogP contribution in [0.5, 0.6) is 0 Å². The molecule has 1 N–H and O–H groups in total. The van der Waals surface area contributed by atoms with Gasteiger partial charge in [0.25, 0.3) is 11.6 Å². The third kappa shape index (κ3) is 2.65. The van der Waals surface area contributed by atoms with Crippen molar-refractivity contribution in [1.82, 2.24) is 0 Å². The van der Waals surface area contributed by atoms with E-state index in [1.165, 1.54) is 12.1 Å². The van der Waals surface area contributed by atoms with E-state index in [2.05, 4.69) is 5.32 Å². The maximum Gasteiger partial charge on any atom is 0.271 e. The monoisotopic (exact) mass is 250 g/mol. The molecule has 0 radical (unpaired) electrons. The fraction of sp³-hybridized carbons (Fsp3) is 0.417. The van der Waals surface area contributed by atoms with Gasteiger partial charge in [-0.25, -0.2) is 0 Å². The molecule has 0 aliphatic carbocycles. The molecule has 1 unspecified atom stereocenters. The number of non-ortho nitro benzene ring substituents is 1. The van der Waals surface area contributed by atoms with E-state index in [0.717, 1.165) is 12.0 Å². The molecule has 6 nitrogen and oxygen atoms in total. The normalized spacial score (nSPS) is 18.6. The molecule has 96 valence electrons. The van der Waals surface area contributed by atoms with Crippen LogP contribution in [0, 0.1) is 17.0 Å². The van der Waals surface area contributed by atoms with Crippen LogP contribution in [-0.4, -0.2) is 23.5 Å². The maximum atomic E-state index is 11.8. The van der Waals surface area contributed by atoms with Crippen LogP contribution in [0.2, 0.25) is 0 Å². The lowest BCUT2D eigenvalue weighted by Crippen LogP contribution is -2.27. The Morgan fingerprint density at radius 2 is 2.33 bits per heavy atom. The van der Waals surface area contributed by atoms with E-state index < -0.39 is 11.0 Å². The number of carbonyl (C=O) groups is 1. The molecule has 1 aromatic rings. The number of aryl methyl sites for hydroxylation is 1. The number of rotatable bonds is 3. The van der Waals surface area contributed by atoms with Crippen molar-refractivity contribution < 1.29 is 14.5 Å². The van der Waals surface area contributed by atoms with Gasteiger partial charge in [-0.3, -0.25) is 14.9 Å². The molecule has 0 spiro atoms. The Bertz CT molecular complexity index is 481. The summed E-state index contributed by atoms with van der Waals surface area (Å²) in [6.45, 7) is 2.38. The molecule has 2 rings (SSSR count). The third-order valence-corrected chi connectivity index (χ3v) is 2.91. The molecule has 1 aromatic carbocycles. The highest BCUT2D eigenvalue weighted by Gasteiger charge is 2.24.